The highest BCUT2D eigenvalue weighted by Gasteiger charge is 2.12. The number of hydrogen-bond acceptors (Lipinski definition) is 3. The second-order valence-electron chi connectivity index (χ2n) is 6.29. The minimum atomic E-state index is -0.326. The van der Waals surface area contributed by atoms with Crippen LogP contribution in [0.5, 0.6) is 0 Å². The maximum Gasteiger partial charge on any atom is 0.338 e. The average molecular weight is 415 g/mol. The summed E-state index contributed by atoms with van der Waals surface area (Å²) in [5.74, 6) is -0.326. The van der Waals surface area contributed by atoms with Gasteiger partial charge in [-0.2, -0.15) is 0 Å². The van der Waals surface area contributed by atoms with Gasteiger partial charge in [-0.05, 0) is 63.2 Å². The minimum absolute atomic E-state index is 0.326. The van der Waals surface area contributed by atoms with Crippen LogP contribution in [0.15, 0.2) is 53.5 Å². The Morgan fingerprint density at radius 2 is 1.89 bits per heavy atom. The number of carbonyl (C=O) groups excluding carboxylic acids is 1. The third-order valence-corrected chi connectivity index (χ3v) is 5.08. The van der Waals surface area contributed by atoms with Crippen LogP contribution in [0, 0.1) is 13.8 Å². The Kier molecular flexibility index (Phi) is 6.22. The fourth-order valence-electron chi connectivity index (χ4n) is 3.01. The number of ether oxygens (including phenoxy) is 1. The second-order valence-corrected chi connectivity index (χ2v) is 7.10. The van der Waals surface area contributed by atoms with E-state index in [0.29, 0.717) is 22.2 Å². The predicted molar refractivity (Wildman–Crippen MR) is 115 cm³/mol. The van der Waals surface area contributed by atoms with E-state index in [0.717, 1.165) is 28.3 Å². The van der Waals surface area contributed by atoms with Crippen LogP contribution in [0.3, 0.4) is 0 Å². The molecule has 1 heterocycles. The molecule has 0 unspecified atom stereocenters. The lowest BCUT2D eigenvalue weighted by Gasteiger charge is -2.11. The van der Waals surface area contributed by atoms with Crippen molar-refractivity contribution in [2.75, 3.05) is 6.61 Å². The number of rotatable bonds is 5. The van der Waals surface area contributed by atoms with Gasteiger partial charge < -0.3 is 9.30 Å². The molecule has 0 aliphatic heterocycles. The van der Waals surface area contributed by atoms with Crippen LogP contribution in [-0.4, -0.2) is 23.4 Å². The molecule has 0 aliphatic rings. The van der Waals surface area contributed by atoms with Crippen molar-refractivity contribution in [3.8, 4) is 5.69 Å². The summed E-state index contributed by atoms with van der Waals surface area (Å²) >= 11 is 12.0. The van der Waals surface area contributed by atoms with Crippen LogP contribution in [0.25, 0.3) is 5.69 Å². The quantitative estimate of drug-likeness (QED) is 0.361. The summed E-state index contributed by atoms with van der Waals surface area (Å²) in [7, 11) is 0. The van der Waals surface area contributed by atoms with E-state index in [1.165, 1.54) is 0 Å². The van der Waals surface area contributed by atoms with E-state index < -0.39 is 0 Å². The zero-order valence-corrected chi connectivity index (χ0v) is 17.4. The first-order valence-corrected chi connectivity index (χ1v) is 9.62. The second kappa shape index (κ2) is 8.63. The van der Waals surface area contributed by atoms with E-state index in [2.05, 4.69) is 9.56 Å². The lowest BCUT2D eigenvalue weighted by molar-refractivity contribution is 0.0526. The molecule has 4 nitrogen and oxygen atoms in total. The zero-order chi connectivity index (χ0) is 20.3. The third kappa shape index (κ3) is 4.29. The van der Waals surface area contributed by atoms with Crippen LogP contribution < -0.4 is 0 Å². The van der Waals surface area contributed by atoms with E-state index in [9.17, 15) is 4.79 Å². The summed E-state index contributed by atoms with van der Waals surface area (Å²) in [5.41, 5.74) is 5.18. The van der Waals surface area contributed by atoms with Crippen LogP contribution in [0.1, 0.15) is 34.2 Å². The Morgan fingerprint density at radius 3 is 2.61 bits per heavy atom. The first-order chi connectivity index (χ1) is 13.4. The molecule has 3 aromatic rings. The highest BCUT2D eigenvalue weighted by Crippen LogP contribution is 2.27. The van der Waals surface area contributed by atoms with E-state index in [-0.39, 0.29) is 5.97 Å². The first-order valence-electron chi connectivity index (χ1n) is 8.86. The van der Waals surface area contributed by atoms with Crippen molar-refractivity contribution in [3.05, 3.63) is 81.1 Å². The van der Waals surface area contributed by atoms with Crippen LogP contribution in [-0.2, 0) is 4.74 Å². The van der Waals surface area contributed by atoms with Gasteiger partial charge in [-0.25, -0.2) is 4.79 Å². The number of aliphatic imine (C=N–C) groups is 1. The van der Waals surface area contributed by atoms with Crippen molar-refractivity contribution in [2.45, 2.75) is 20.8 Å². The Hall–Kier alpha value is -2.56. The zero-order valence-electron chi connectivity index (χ0n) is 15.9. The Morgan fingerprint density at radius 1 is 1.11 bits per heavy atom. The molecule has 0 aliphatic carbocycles. The molecule has 6 heteroatoms. The van der Waals surface area contributed by atoms with Crippen LogP contribution in [0.2, 0.25) is 10.0 Å². The van der Waals surface area contributed by atoms with Crippen molar-refractivity contribution >= 4 is 41.1 Å². The lowest BCUT2D eigenvalue weighted by atomic mass is 10.2. The number of nitrogens with zero attached hydrogens (tertiary/aromatic N) is 2. The molecule has 1 aromatic heterocycles. The van der Waals surface area contributed by atoms with Gasteiger partial charge in [0, 0.05) is 28.9 Å². The van der Waals surface area contributed by atoms with Crippen LogP contribution in [0.4, 0.5) is 5.69 Å². The smallest absolute Gasteiger partial charge is 0.338 e. The summed E-state index contributed by atoms with van der Waals surface area (Å²) in [6.07, 6.45) is 1.80. The van der Waals surface area contributed by atoms with Gasteiger partial charge in [-0.1, -0.05) is 29.3 Å². The monoisotopic (exact) mass is 414 g/mol. The van der Waals surface area contributed by atoms with Gasteiger partial charge in [0.2, 0.25) is 0 Å². The molecule has 0 bridgehead atoms. The summed E-state index contributed by atoms with van der Waals surface area (Å²) in [6, 6.07) is 14.7. The molecule has 0 spiro atoms. The summed E-state index contributed by atoms with van der Waals surface area (Å²) in [4.78, 5) is 16.5. The largest absolute Gasteiger partial charge is 0.462 e. The van der Waals surface area contributed by atoms with Crippen molar-refractivity contribution in [3.63, 3.8) is 0 Å². The molecule has 28 heavy (non-hydrogen) atoms. The van der Waals surface area contributed by atoms with Crippen molar-refractivity contribution < 1.29 is 9.53 Å². The van der Waals surface area contributed by atoms with Gasteiger partial charge >= 0.3 is 5.97 Å². The molecule has 0 atom stereocenters. The van der Waals surface area contributed by atoms with Crippen molar-refractivity contribution in [2.24, 2.45) is 4.99 Å². The summed E-state index contributed by atoms with van der Waals surface area (Å²) in [6.45, 7) is 6.17. The number of esters is 1. The lowest BCUT2D eigenvalue weighted by Crippen LogP contribution is -2.06. The van der Waals surface area contributed by atoms with Gasteiger partial charge in [-0.3, -0.25) is 4.99 Å². The first kappa shape index (κ1) is 20.2. The highest BCUT2D eigenvalue weighted by atomic mass is 35.5. The van der Waals surface area contributed by atoms with E-state index in [1.807, 2.05) is 44.2 Å². The molecule has 0 radical (unpaired) electrons. The standard InChI is InChI=1S/C22H20Cl2N2O2/c1-4-28-22(27)16-6-5-7-19(11-16)26-14(2)10-17(15(26)3)13-25-18-8-9-20(23)21(24)12-18/h5-13H,4H2,1-3H3. The normalized spacial score (nSPS) is 11.2. The van der Waals surface area contributed by atoms with E-state index in [4.69, 9.17) is 27.9 Å². The third-order valence-electron chi connectivity index (χ3n) is 4.34. The number of aryl methyl sites for hydroxylation is 1. The summed E-state index contributed by atoms with van der Waals surface area (Å²) in [5, 5.41) is 0.970. The molecule has 0 fully saturated rings. The molecule has 2 aromatic carbocycles. The van der Waals surface area contributed by atoms with E-state index >= 15 is 0 Å². The SMILES string of the molecule is CCOC(=O)c1cccc(-n2c(C)cc(C=Nc3ccc(Cl)c(Cl)c3)c2C)c1. The fraction of sp³-hybridized carbons (Fsp3) is 0.182. The van der Waals surface area contributed by atoms with Gasteiger partial charge in [-0.15, -0.1) is 0 Å². The van der Waals surface area contributed by atoms with Gasteiger partial charge in [0.15, 0.2) is 0 Å². The number of aromatic nitrogens is 1. The Balaban J connectivity index is 1.94. The minimum Gasteiger partial charge on any atom is -0.462 e. The summed E-state index contributed by atoms with van der Waals surface area (Å²) < 4.78 is 7.18. The molecular formula is C22H20Cl2N2O2. The van der Waals surface area contributed by atoms with Crippen LogP contribution >= 0.6 is 23.2 Å². The topological polar surface area (TPSA) is 43.6 Å². The highest BCUT2D eigenvalue weighted by molar-refractivity contribution is 6.42. The molecule has 0 saturated heterocycles. The molecule has 3 rings (SSSR count). The Bertz CT molecular complexity index is 1050. The molecule has 0 amide bonds. The van der Waals surface area contributed by atoms with Crippen molar-refractivity contribution in [1.82, 2.24) is 4.57 Å². The molecular weight excluding hydrogens is 395 g/mol. The number of benzene rings is 2. The van der Waals surface area contributed by atoms with Crippen molar-refractivity contribution in [1.29, 1.82) is 0 Å². The average Bonchev–Trinajstić information content (AvgIpc) is 2.96. The van der Waals surface area contributed by atoms with E-state index in [1.54, 1.807) is 31.3 Å². The molecule has 0 saturated carbocycles. The number of hydrogen-bond donors (Lipinski definition) is 0. The van der Waals surface area contributed by atoms with Gasteiger partial charge in [0.1, 0.15) is 0 Å². The molecule has 0 N–H and O–H groups in total. The fourth-order valence-corrected chi connectivity index (χ4v) is 3.30. The maximum atomic E-state index is 12.0. The Labute approximate surface area is 174 Å². The molecule has 144 valence electrons. The number of halogens is 2. The van der Waals surface area contributed by atoms with Gasteiger partial charge in [0.05, 0.1) is 27.9 Å². The van der Waals surface area contributed by atoms with Gasteiger partial charge in [0.25, 0.3) is 0 Å². The number of carbonyl (C=O) groups is 1. The predicted octanol–water partition coefficient (Wildman–Crippen LogP) is 6.33. The maximum absolute atomic E-state index is 12.0.